The molecule has 0 unspecified atom stereocenters. The quantitative estimate of drug-likeness (QED) is 0.401. The van der Waals surface area contributed by atoms with E-state index in [2.05, 4.69) is 18.9 Å². The molecule has 0 aliphatic heterocycles. The first-order valence-electron chi connectivity index (χ1n) is 7.00. The van der Waals surface area contributed by atoms with Gasteiger partial charge in [0.15, 0.2) is 5.15 Å². The Balaban J connectivity index is -0.000000365. The third kappa shape index (κ3) is 20.5. The summed E-state index contributed by atoms with van der Waals surface area (Å²) in [6.45, 7) is 3.35. The number of carbonyl (C=O) groups excluding carboxylic acids is 3. The number of halogens is 4. The van der Waals surface area contributed by atoms with Crippen molar-refractivity contribution in [2.24, 2.45) is 0 Å². The minimum atomic E-state index is -5.08. The maximum Gasteiger partial charge on any atom is 1.00 e. The molecule has 0 saturated heterocycles. The predicted octanol–water partition coefficient (Wildman–Crippen LogP) is -1.65. The van der Waals surface area contributed by atoms with Crippen LogP contribution in [0, 0.1) is 0 Å². The van der Waals surface area contributed by atoms with Gasteiger partial charge in [-0.05, 0) is 12.1 Å². The molecule has 0 saturated carbocycles. The van der Waals surface area contributed by atoms with Gasteiger partial charge in [0.1, 0.15) is 0 Å². The maximum atomic E-state index is 10.6. The van der Waals surface area contributed by atoms with Gasteiger partial charge in [0.2, 0.25) is 0 Å². The van der Waals surface area contributed by atoms with E-state index in [1.54, 1.807) is 18.3 Å². The molecule has 158 valence electrons. The van der Waals surface area contributed by atoms with Crippen molar-refractivity contribution in [3.8, 4) is 0 Å². The third-order valence-electron chi connectivity index (χ3n) is 1.99. The number of carboxylic acid groups (broad SMARTS) is 1. The minimum absolute atomic E-state index is 0. The Kier molecular flexibility index (Phi) is 17.3. The normalized spacial score (nSPS) is 9.38. The molecule has 29 heavy (non-hydrogen) atoms. The molecule has 16 heteroatoms. The van der Waals surface area contributed by atoms with E-state index in [-0.39, 0.29) is 29.6 Å². The second-order valence-electron chi connectivity index (χ2n) is 4.45. The van der Waals surface area contributed by atoms with Gasteiger partial charge in [-0.25, -0.2) is 9.78 Å². The number of carboxylic acids is 1. The average molecular weight is 455 g/mol. The number of carbonyl (C=O) groups is 4. The zero-order valence-electron chi connectivity index (χ0n) is 15.8. The fraction of sp³-hybridized carbons (Fsp3) is 0.308. The van der Waals surface area contributed by atoms with E-state index in [4.69, 9.17) is 27.2 Å². The molecule has 3 N–H and O–H groups in total. The molecule has 0 aromatic carbocycles. The fourth-order valence-corrected chi connectivity index (χ4v) is 1.10. The molecule has 10 nitrogen and oxygen atoms in total. The molecule has 0 atom stereocenters. The van der Waals surface area contributed by atoms with Crippen LogP contribution in [-0.4, -0.2) is 47.5 Å². The van der Waals surface area contributed by atoms with Gasteiger partial charge in [-0.15, -0.1) is 0 Å². The largest absolute Gasteiger partial charge is 1.00 e. The number of nitrogens with two attached hydrogens (primary N) is 1. The van der Waals surface area contributed by atoms with Crippen LogP contribution in [0.15, 0.2) is 18.3 Å². The van der Waals surface area contributed by atoms with Crippen LogP contribution in [0.25, 0.3) is 0 Å². The average Bonchev–Trinajstić information content (AvgIpc) is 2.48. The first-order valence-corrected chi connectivity index (χ1v) is 7.38. The number of nitrogen functional groups attached to an aromatic ring is 1. The molecule has 0 fully saturated rings. The standard InChI is InChI=1S/C6H10BO6.C5H5ClN2.C2HF3O2.Na/c1-4(8)11-7(12-5(2)9)13-6(3)10;6-5-4(7)2-1-3-8-5;3-2(4,5)1(6)7;/h7H,1-3H3;1-3H,7H2;(H,6,7);/q-1;;;+1. The second kappa shape index (κ2) is 15.8. The summed E-state index contributed by atoms with van der Waals surface area (Å²) < 4.78 is 45.0. The Bertz CT molecular complexity index is 637. The zero-order valence-corrected chi connectivity index (χ0v) is 18.5. The number of rotatable bonds is 3. The van der Waals surface area contributed by atoms with Crippen LogP contribution in [0.1, 0.15) is 20.8 Å². The first-order chi connectivity index (χ1) is 12.7. The van der Waals surface area contributed by atoms with Crippen molar-refractivity contribution >= 4 is 48.5 Å². The SMILES string of the molecule is CC(=O)O[BH-](OC(C)=O)OC(C)=O.Nc1cccnc1Cl.O=C(O)C(F)(F)F.[Na+]. The van der Waals surface area contributed by atoms with E-state index in [1.165, 1.54) is 0 Å². The molecule has 1 aromatic rings. The van der Waals surface area contributed by atoms with Crippen LogP contribution in [0.4, 0.5) is 18.9 Å². The number of nitrogens with zero attached hydrogens (tertiary/aromatic N) is 1. The summed E-state index contributed by atoms with van der Waals surface area (Å²) in [5.41, 5.74) is 5.85. The smallest absolute Gasteiger partial charge is 0.625 e. The number of alkyl halides is 3. The molecule has 0 bridgehead atoms. The Hall–Kier alpha value is -2.03. The summed E-state index contributed by atoms with van der Waals surface area (Å²) in [6.07, 6.45) is -3.49. The molecular weight excluding hydrogens is 438 g/mol. The van der Waals surface area contributed by atoms with Crippen molar-refractivity contribution in [1.29, 1.82) is 0 Å². The van der Waals surface area contributed by atoms with Gasteiger partial charge in [-0.3, -0.25) is 14.4 Å². The molecule has 0 aliphatic carbocycles. The summed E-state index contributed by atoms with van der Waals surface area (Å²) in [6, 6.07) is 3.44. The van der Waals surface area contributed by atoms with Gasteiger partial charge in [0, 0.05) is 27.0 Å². The number of hydrogen-bond donors (Lipinski definition) is 2. The fourth-order valence-electron chi connectivity index (χ4n) is 0.985. The third-order valence-corrected chi connectivity index (χ3v) is 2.31. The number of aromatic nitrogens is 1. The van der Waals surface area contributed by atoms with Gasteiger partial charge < -0.3 is 24.8 Å². The topological polar surface area (TPSA) is 155 Å². The maximum absolute atomic E-state index is 10.6. The number of hydrogen-bond acceptors (Lipinski definition) is 9. The van der Waals surface area contributed by atoms with Crippen molar-refractivity contribution in [2.45, 2.75) is 26.9 Å². The molecule has 0 aliphatic rings. The number of anilines is 1. The Labute approximate surface area is 190 Å². The summed E-state index contributed by atoms with van der Waals surface area (Å²) in [5.74, 6) is -4.79. The predicted molar refractivity (Wildman–Crippen MR) is 89.8 cm³/mol. The Morgan fingerprint density at radius 2 is 1.41 bits per heavy atom. The van der Waals surface area contributed by atoms with E-state index in [1.807, 2.05) is 0 Å². The van der Waals surface area contributed by atoms with E-state index >= 15 is 0 Å². The van der Waals surface area contributed by atoms with Gasteiger partial charge in [-0.1, -0.05) is 11.6 Å². The summed E-state index contributed by atoms with van der Waals surface area (Å²) in [5, 5.41) is 7.49. The van der Waals surface area contributed by atoms with Gasteiger partial charge in [0.25, 0.3) is 17.9 Å². The minimum Gasteiger partial charge on any atom is -0.625 e. The van der Waals surface area contributed by atoms with E-state index in [0.717, 1.165) is 20.8 Å². The van der Waals surface area contributed by atoms with Gasteiger partial charge in [0.05, 0.1) is 5.69 Å². The molecule has 1 aromatic heterocycles. The van der Waals surface area contributed by atoms with E-state index in [9.17, 15) is 27.6 Å². The monoisotopic (exact) mass is 454 g/mol. The van der Waals surface area contributed by atoms with Gasteiger partial charge in [-0.2, -0.15) is 13.2 Å². The van der Waals surface area contributed by atoms with Crippen molar-refractivity contribution in [3.63, 3.8) is 0 Å². The first kappa shape index (κ1) is 31.7. The van der Waals surface area contributed by atoms with E-state index in [0.29, 0.717) is 10.8 Å². The van der Waals surface area contributed by atoms with Crippen LogP contribution >= 0.6 is 11.6 Å². The Morgan fingerprint density at radius 3 is 1.59 bits per heavy atom. The van der Waals surface area contributed by atoms with Crippen LogP contribution in [0.5, 0.6) is 0 Å². The van der Waals surface area contributed by atoms with E-state index < -0.39 is 37.4 Å². The van der Waals surface area contributed by atoms with Crippen molar-refractivity contribution in [2.75, 3.05) is 5.73 Å². The number of pyridine rings is 1. The molecule has 0 spiro atoms. The van der Waals surface area contributed by atoms with Crippen molar-refractivity contribution < 1.29 is 81.0 Å². The summed E-state index contributed by atoms with van der Waals surface area (Å²) in [7, 11) is -2.41. The summed E-state index contributed by atoms with van der Waals surface area (Å²) >= 11 is 5.47. The Morgan fingerprint density at radius 1 is 1.07 bits per heavy atom. The van der Waals surface area contributed by atoms with Crippen molar-refractivity contribution in [3.05, 3.63) is 23.5 Å². The van der Waals surface area contributed by atoms with Crippen LogP contribution < -0.4 is 35.3 Å². The summed E-state index contributed by atoms with van der Waals surface area (Å²) in [4.78, 5) is 43.9. The van der Waals surface area contributed by atoms with Crippen LogP contribution in [0.2, 0.25) is 5.15 Å². The number of aliphatic carboxylic acids is 1. The van der Waals surface area contributed by atoms with Crippen LogP contribution in [-0.2, 0) is 33.1 Å². The van der Waals surface area contributed by atoms with Crippen LogP contribution in [0.3, 0.4) is 0 Å². The molecule has 0 radical (unpaired) electrons. The van der Waals surface area contributed by atoms with Crippen molar-refractivity contribution in [1.82, 2.24) is 4.98 Å². The molecule has 1 rings (SSSR count). The van der Waals surface area contributed by atoms with Gasteiger partial charge >= 0.3 is 49.0 Å². The second-order valence-corrected chi connectivity index (χ2v) is 4.81. The molecular formula is C13H16BClF3N2NaO8. The molecule has 1 heterocycles. The zero-order chi connectivity index (χ0) is 22.5. The molecule has 0 amide bonds.